The molecule has 3 heterocycles. The fraction of sp³-hybridized carbons (Fsp3) is 0.316. The van der Waals surface area contributed by atoms with Crippen LogP contribution >= 0.6 is 0 Å². The quantitative estimate of drug-likeness (QED) is 0.648. The third-order valence-electron chi connectivity index (χ3n) is 4.87. The van der Waals surface area contributed by atoms with Crippen LogP contribution in [0.15, 0.2) is 34.6 Å². The molecule has 2 aliphatic rings. The first-order valence-corrected chi connectivity index (χ1v) is 8.45. The predicted molar refractivity (Wildman–Crippen MR) is 96.6 cm³/mol. The number of benzene rings is 1. The van der Waals surface area contributed by atoms with E-state index in [-0.39, 0.29) is 18.3 Å². The van der Waals surface area contributed by atoms with Gasteiger partial charge in [-0.1, -0.05) is 13.0 Å². The average Bonchev–Trinajstić information content (AvgIpc) is 3.01. The van der Waals surface area contributed by atoms with E-state index in [4.69, 9.17) is 21.2 Å². The van der Waals surface area contributed by atoms with Gasteiger partial charge in [-0.15, -0.1) is 0 Å². The van der Waals surface area contributed by atoms with Crippen LogP contribution < -0.4 is 17.0 Å². The molecule has 1 atom stereocenters. The molecule has 4 rings (SSSR count). The van der Waals surface area contributed by atoms with E-state index in [9.17, 15) is 4.79 Å². The Morgan fingerprint density at radius 1 is 1.32 bits per heavy atom. The number of aromatic nitrogens is 1. The zero-order chi connectivity index (χ0) is 17.6. The minimum absolute atomic E-state index is 0.0122. The van der Waals surface area contributed by atoms with Gasteiger partial charge >= 0.3 is 0 Å². The van der Waals surface area contributed by atoms with Crippen LogP contribution in [0.5, 0.6) is 0 Å². The molecule has 4 N–H and O–H groups in total. The van der Waals surface area contributed by atoms with Crippen LogP contribution in [0.25, 0.3) is 6.08 Å². The topological polar surface area (TPSA) is 92.5 Å². The second kappa shape index (κ2) is 6.06. The average molecular weight is 339 g/mol. The minimum Gasteiger partial charge on any atom is -0.399 e. The van der Waals surface area contributed by atoms with E-state index in [2.05, 4.69) is 6.07 Å². The maximum atomic E-state index is 12.8. The van der Waals surface area contributed by atoms with Gasteiger partial charge in [-0.25, -0.2) is 9.78 Å². The molecule has 1 unspecified atom stereocenters. The number of nitrogens with zero attached hydrogens (tertiary/aromatic N) is 1. The summed E-state index contributed by atoms with van der Waals surface area (Å²) in [6.07, 6.45) is 3.33. The Bertz CT molecular complexity index is 930. The van der Waals surface area contributed by atoms with E-state index in [0.29, 0.717) is 29.9 Å². The Balaban J connectivity index is 1.74. The minimum atomic E-state index is -0.181. The van der Waals surface area contributed by atoms with Gasteiger partial charge in [0.1, 0.15) is 12.7 Å². The van der Waals surface area contributed by atoms with Gasteiger partial charge in [0, 0.05) is 30.0 Å². The molecule has 0 bridgehead atoms. The molecule has 0 saturated carbocycles. The summed E-state index contributed by atoms with van der Waals surface area (Å²) in [5, 5.41) is 0. The zero-order valence-electron chi connectivity index (χ0n) is 14.1. The van der Waals surface area contributed by atoms with Gasteiger partial charge in [-0.3, -0.25) is 4.79 Å². The first-order valence-electron chi connectivity index (χ1n) is 8.45. The summed E-state index contributed by atoms with van der Waals surface area (Å²) in [5.41, 5.74) is 17.9. The molecule has 6 nitrogen and oxygen atoms in total. The van der Waals surface area contributed by atoms with E-state index in [1.165, 1.54) is 0 Å². The molecule has 0 radical (unpaired) electrons. The van der Waals surface area contributed by atoms with Crippen molar-refractivity contribution in [1.82, 2.24) is 4.57 Å². The highest BCUT2D eigenvalue weighted by molar-refractivity contribution is 5.70. The summed E-state index contributed by atoms with van der Waals surface area (Å²) in [6.45, 7) is 2.78. The summed E-state index contributed by atoms with van der Waals surface area (Å²) in [7, 11) is 0. The summed E-state index contributed by atoms with van der Waals surface area (Å²) >= 11 is 0. The molecule has 0 spiro atoms. The van der Waals surface area contributed by atoms with Crippen LogP contribution in [0.3, 0.4) is 0 Å². The molecule has 0 aliphatic carbocycles. The van der Waals surface area contributed by atoms with Crippen LogP contribution in [-0.4, -0.2) is 4.57 Å². The van der Waals surface area contributed by atoms with Crippen molar-refractivity contribution in [3.05, 3.63) is 62.6 Å². The Morgan fingerprint density at radius 3 is 2.96 bits per heavy atom. The molecular weight excluding hydrogens is 318 g/mol. The molecule has 0 saturated heterocycles. The van der Waals surface area contributed by atoms with Gasteiger partial charge in [0.15, 0.2) is 0 Å². The first-order chi connectivity index (χ1) is 12.1. The third-order valence-corrected chi connectivity index (χ3v) is 4.87. The smallest absolute Gasteiger partial charge is 0.257 e. The normalized spacial score (nSPS) is 20.5. The van der Waals surface area contributed by atoms with E-state index < -0.39 is 0 Å². The van der Waals surface area contributed by atoms with E-state index in [1.54, 1.807) is 12.1 Å². The molecule has 1 aromatic heterocycles. The van der Waals surface area contributed by atoms with Crippen molar-refractivity contribution < 1.29 is 9.78 Å². The summed E-state index contributed by atoms with van der Waals surface area (Å²) in [6, 6.07) is 7.52. The van der Waals surface area contributed by atoms with Crippen molar-refractivity contribution >= 4 is 17.5 Å². The molecule has 25 heavy (non-hydrogen) atoms. The van der Waals surface area contributed by atoms with Crippen LogP contribution in [0.1, 0.15) is 41.8 Å². The first kappa shape index (κ1) is 15.9. The van der Waals surface area contributed by atoms with Crippen molar-refractivity contribution in [3.8, 4) is 0 Å². The highest BCUT2D eigenvalue weighted by Crippen LogP contribution is 2.32. The van der Waals surface area contributed by atoms with E-state index >= 15 is 0 Å². The second-order valence-electron chi connectivity index (χ2n) is 6.58. The van der Waals surface area contributed by atoms with Gasteiger partial charge in [-0.2, -0.15) is 0 Å². The lowest BCUT2D eigenvalue weighted by molar-refractivity contribution is -0.346. The van der Waals surface area contributed by atoms with Gasteiger partial charge in [0.25, 0.3) is 5.56 Å². The lowest BCUT2D eigenvalue weighted by atomic mass is 10.00. The fourth-order valence-electron chi connectivity index (χ4n) is 3.55. The lowest BCUT2D eigenvalue weighted by Gasteiger charge is -2.24. The van der Waals surface area contributed by atoms with Gasteiger partial charge in [0.2, 0.25) is 0 Å². The van der Waals surface area contributed by atoms with E-state index in [0.717, 1.165) is 28.8 Å². The Morgan fingerprint density at radius 2 is 2.16 bits per heavy atom. The maximum Gasteiger partial charge on any atom is 0.257 e. The number of nitrogens with two attached hydrogens (primary N) is 2. The number of anilines is 2. The van der Waals surface area contributed by atoms with Gasteiger partial charge in [-0.05, 0) is 47.4 Å². The molecule has 130 valence electrons. The number of rotatable bonds is 2. The fourth-order valence-corrected chi connectivity index (χ4v) is 3.55. The zero-order valence-corrected chi connectivity index (χ0v) is 14.1. The summed E-state index contributed by atoms with van der Waals surface area (Å²) in [5.74, 6) is 0. The Labute approximate surface area is 145 Å². The Hall–Kier alpha value is -2.57. The van der Waals surface area contributed by atoms with Crippen molar-refractivity contribution in [1.29, 1.82) is 0 Å². The van der Waals surface area contributed by atoms with E-state index in [1.807, 2.05) is 23.6 Å². The lowest BCUT2D eigenvalue weighted by Crippen LogP contribution is -2.29. The number of allylic oxidation sites excluding steroid dienone is 1. The van der Waals surface area contributed by atoms with Crippen LogP contribution in [0.2, 0.25) is 0 Å². The number of fused-ring (bicyclic) bond motifs is 2. The molecule has 6 heteroatoms. The molecule has 0 amide bonds. The molecule has 1 aromatic carbocycles. The third kappa shape index (κ3) is 2.73. The van der Waals surface area contributed by atoms with Crippen LogP contribution in [0.4, 0.5) is 11.4 Å². The monoisotopic (exact) mass is 339 g/mol. The number of pyridine rings is 1. The van der Waals surface area contributed by atoms with Crippen molar-refractivity contribution in [2.24, 2.45) is 0 Å². The Kier molecular flexibility index (Phi) is 3.86. The standard InChI is InChI=1S/C19H21N3O3/c1-2-18-15-8-14-6-11(5-12-7-13(20)3-4-17(12)21)9-22(14)19(23)16(15)10-24-25-18/h3-5,7-8,18H,2,6,9-10,20-21H2,1H3/b11-5+. The molecular formula is C19H21N3O3. The number of nitrogen functional groups attached to an aromatic ring is 2. The molecule has 2 aliphatic heterocycles. The van der Waals surface area contributed by atoms with Gasteiger partial charge < -0.3 is 16.0 Å². The number of hydrogen-bond acceptors (Lipinski definition) is 5. The second-order valence-corrected chi connectivity index (χ2v) is 6.58. The highest BCUT2D eigenvalue weighted by Gasteiger charge is 2.28. The van der Waals surface area contributed by atoms with Crippen molar-refractivity contribution in [3.63, 3.8) is 0 Å². The van der Waals surface area contributed by atoms with Gasteiger partial charge in [0.05, 0.1) is 5.56 Å². The molecule has 0 fully saturated rings. The number of hydrogen-bond donors (Lipinski definition) is 2. The van der Waals surface area contributed by atoms with Crippen LogP contribution in [0, 0.1) is 0 Å². The molecule has 2 aromatic rings. The SMILES string of the molecule is CCC1OOCc2c1cc1n(c2=O)C/C(=C/c2cc(N)ccc2N)C1. The van der Waals surface area contributed by atoms with Crippen molar-refractivity contribution in [2.75, 3.05) is 11.5 Å². The largest absolute Gasteiger partial charge is 0.399 e. The maximum absolute atomic E-state index is 12.8. The predicted octanol–water partition coefficient (Wildman–Crippen LogP) is 2.57. The summed E-state index contributed by atoms with van der Waals surface area (Å²) < 4.78 is 1.81. The van der Waals surface area contributed by atoms with Crippen molar-refractivity contribution in [2.45, 2.75) is 39.0 Å². The van der Waals surface area contributed by atoms with Crippen LogP contribution in [-0.2, 0) is 29.3 Å². The summed E-state index contributed by atoms with van der Waals surface area (Å²) in [4.78, 5) is 23.3. The highest BCUT2D eigenvalue weighted by atomic mass is 17.2.